The second-order valence-corrected chi connectivity index (χ2v) is 10.1. The van der Waals surface area contributed by atoms with E-state index in [0.29, 0.717) is 22.6 Å². The summed E-state index contributed by atoms with van der Waals surface area (Å²) in [5, 5.41) is 2.83. The van der Waals surface area contributed by atoms with E-state index in [4.69, 9.17) is 4.42 Å². The lowest BCUT2D eigenvalue weighted by atomic mass is 9.90. The van der Waals surface area contributed by atoms with E-state index in [1.165, 1.54) is 30.3 Å². The molecule has 32 heavy (non-hydrogen) atoms. The van der Waals surface area contributed by atoms with Crippen LogP contribution in [0.25, 0.3) is 22.8 Å². The van der Waals surface area contributed by atoms with Gasteiger partial charge in [0.2, 0.25) is 10.0 Å². The number of carbonyl (C=O) groups is 1. The normalized spacial score (nSPS) is 16.7. The van der Waals surface area contributed by atoms with Crippen molar-refractivity contribution >= 4 is 33.3 Å². The van der Waals surface area contributed by atoms with Crippen molar-refractivity contribution in [2.75, 3.05) is 12.4 Å². The first-order valence-corrected chi connectivity index (χ1v) is 12.2. The number of sulfonamides is 1. The Kier molecular flexibility index (Phi) is 5.03. The minimum absolute atomic E-state index is 0.110. The monoisotopic (exact) mass is 448 g/mol. The van der Waals surface area contributed by atoms with Gasteiger partial charge in [0.15, 0.2) is 0 Å². The van der Waals surface area contributed by atoms with Crippen LogP contribution in [0.4, 0.5) is 5.69 Å². The van der Waals surface area contributed by atoms with Crippen molar-refractivity contribution in [2.45, 2.75) is 37.5 Å². The summed E-state index contributed by atoms with van der Waals surface area (Å²) in [6.45, 7) is 2.05. The summed E-state index contributed by atoms with van der Waals surface area (Å²) >= 11 is 0. The molecule has 1 aliphatic carbocycles. The Bertz CT molecular complexity index is 1370. The highest BCUT2D eigenvalue weighted by Gasteiger charge is 2.29. The molecule has 6 nitrogen and oxygen atoms in total. The van der Waals surface area contributed by atoms with Gasteiger partial charge in [-0.25, -0.2) is 13.1 Å². The Balaban J connectivity index is 1.68. The van der Waals surface area contributed by atoms with Gasteiger partial charge in [-0.2, -0.15) is 0 Å². The van der Waals surface area contributed by atoms with Crippen LogP contribution in [-0.4, -0.2) is 21.4 Å². The molecular weight excluding hydrogens is 424 g/mol. The van der Waals surface area contributed by atoms with Crippen LogP contribution in [0.3, 0.4) is 0 Å². The number of aryl methyl sites for hydroxylation is 2. The first-order valence-electron chi connectivity index (χ1n) is 10.7. The van der Waals surface area contributed by atoms with Gasteiger partial charge < -0.3 is 9.73 Å². The van der Waals surface area contributed by atoms with E-state index in [2.05, 4.69) is 34.3 Å². The number of anilines is 1. The van der Waals surface area contributed by atoms with Crippen LogP contribution in [0.2, 0.25) is 0 Å². The number of furan rings is 1. The van der Waals surface area contributed by atoms with Crippen molar-refractivity contribution in [2.24, 2.45) is 0 Å². The van der Waals surface area contributed by atoms with Crippen molar-refractivity contribution in [1.29, 1.82) is 0 Å². The van der Waals surface area contributed by atoms with E-state index in [-0.39, 0.29) is 10.8 Å². The third-order valence-corrected chi connectivity index (χ3v) is 7.58. The van der Waals surface area contributed by atoms with Gasteiger partial charge in [0.25, 0.3) is 5.91 Å². The molecule has 2 N–H and O–H groups in total. The number of hydrogen-bond acceptors (Lipinski definition) is 4. The molecule has 164 valence electrons. The predicted molar refractivity (Wildman–Crippen MR) is 125 cm³/mol. The molecule has 1 aromatic heterocycles. The molecule has 0 atom stereocenters. The molecular formula is C25H24N2O4S. The molecule has 5 rings (SSSR count). The number of amides is 1. The van der Waals surface area contributed by atoms with Gasteiger partial charge in [-0.1, -0.05) is 29.8 Å². The first kappa shape index (κ1) is 20.7. The van der Waals surface area contributed by atoms with Gasteiger partial charge in [-0.3, -0.25) is 4.79 Å². The number of rotatable bonds is 4. The zero-order valence-electron chi connectivity index (χ0n) is 18.0. The fourth-order valence-corrected chi connectivity index (χ4v) is 5.21. The van der Waals surface area contributed by atoms with Crippen LogP contribution in [0.15, 0.2) is 51.8 Å². The van der Waals surface area contributed by atoms with E-state index < -0.39 is 10.0 Å². The number of fused-ring (bicyclic) bond motifs is 2. The largest absolute Gasteiger partial charge is 0.461 e. The van der Waals surface area contributed by atoms with Gasteiger partial charge in [-0.05, 0) is 63.1 Å². The summed E-state index contributed by atoms with van der Waals surface area (Å²) in [6, 6.07) is 12.9. The van der Waals surface area contributed by atoms with Crippen LogP contribution in [0, 0.1) is 6.92 Å². The Hall–Kier alpha value is -3.16. The van der Waals surface area contributed by atoms with Crippen molar-refractivity contribution in [1.82, 2.24) is 4.72 Å². The molecule has 0 saturated carbocycles. The Labute approximate surface area is 187 Å². The van der Waals surface area contributed by atoms with Crippen molar-refractivity contribution in [3.8, 4) is 11.1 Å². The average molecular weight is 449 g/mol. The molecule has 0 spiro atoms. The van der Waals surface area contributed by atoms with Gasteiger partial charge in [0.1, 0.15) is 11.5 Å². The summed E-state index contributed by atoms with van der Waals surface area (Å²) in [4.78, 5) is 12.9. The fourth-order valence-electron chi connectivity index (χ4n) is 4.45. The molecule has 7 heteroatoms. The van der Waals surface area contributed by atoms with Gasteiger partial charge >= 0.3 is 0 Å². The summed E-state index contributed by atoms with van der Waals surface area (Å²) < 4.78 is 33.2. The maximum Gasteiger partial charge on any atom is 0.256 e. The van der Waals surface area contributed by atoms with Crippen LogP contribution in [0.5, 0.6) is 0 Å². The van der Waals surface area contributed by atoms with E-state index in [0.717, 1.165) is 42.6 Å². The number of nitrogens with one attached hydrogen (secondary N) is 2. The number of hydrogen-bond donors (Lipinski definition) is 2. The molecule has 0 fully saturated rings. The van der Waals surface area contributed by atoms with E-state index >= 15 is 0 Å². The molecule has 3 aromatic rings. The summed E-state index contributed by atoms with van der Waals surface area (Å²) in [5.41, 5.74) is 5.99. The van der Waals surface area contributed by atoms with Crippen molar-refractivity contribution in [3.05, 3.63) is 70.7 Å². The Morgan fingerprint density at radius 3 is 2.56 bits per heavy atom. The lowest BCUT2D eigenvalue weighted by Crippen LogP contribution is -2.18. The second-order valence-electron chi connectivity index (χ2n) is 8.24. The number of benzene rings is 2. The molecule has 0 radical (unpaired) electrons. The smallest absolute Gasteiger partial charge is 0.256 e. The molecule has 0 saturated heterocycles. The molecule has 2 heterocycles. The number of carbonyl (C=O) groups excluding carboxylic acids is 1. The van der Waals surface area contributed by atoms with Gasteiger partial charge in [0, 0.05) is 28.8 Å². The lowest BCUT2D eigenvalue weighted by molar-refractivity contribution is -0.110. The Morgan fingerprint density at radius 1 is 1.06 bits per heavy atom. The zero-order valence-corrected chi connectivity index (χ0v) is 18.8. The summed E-state index contributed by atoms with van der Waals surface area (Å²) in [7, 11) is -2.27. The topological polar surface area (TPSA) is 88.4 Å². The van der Waals surface area contributed by atoms with Gasteiger partial charge in [-0.15, -0.1) is 0 Å². The minimum Gasteiger partial charge on any atom is -0.461 e. The molecule has 1 aliphatic heterocycles. The van der Waals surface area contributed by atoms with Crippen LogP contribution in [0.1, 0.15) is 41.1 Å². The first-order chi connectivity index (χ1) is 15.4. The predicted octanol–water partition coefficient (Wildman–Crippen LogP) is 4.53. The quantitative estimate of drug-likeness (QED) is 0.574. The molecule has 0 unspecified atom stereocenters. The molecule has 1 amide bonds. The highest BCUT2D eigenvalue weighted by atomic mass is 32.2. The second kappa shape index (κ2) is 7.76. The minimum atomic E-state index is -3.63. The maximum absolute atomic E-state index is 12.8. The van der Waals surface area contributed by atoms with E-state index in [1.807, 2.05) is 6.92 Å². The van der Waals surface area contributed by atoms with E-state index in [1.54, 1.807) is 12.1 Å². The summed E-state index contributed by atoms with van der Waals surface area (Å²) in [5.74, 6) is 1.34. The molecule has 2 aromatic carbocycles. The highest BCUT2D eigenvalue weighted by Crippen LogP contribution is 2.41. The SMILES string of the molecule is CNS(=O)(=O)c1ccc2c(c1)C(=Cc1oc3c(c1-c1ccc(C)cc1)CCCC3)C(=O)N2. The van der Waals surface area contributed by atoms with Crippen LogP contribution < -0.4 is 10.0 Å². The molecule has 0 bridgehead atoms. The van der Waals surface area contributed by atoms with Crippen molar-refractivity contribution in [3.63, 3.8) is 0 Å². The summed E-state index contributed by atoms with van der Waals surface area (Å²) in [6.07, 6.45) is 5.77. The third-order valence-electron chi connectivity index (χ3n) is 6.17. The van der Waals surface area contributed by atoms with Crippen LogP contribution in [-0.2, 0) is 27.7 Å². The lowest BCUT2D eigenvalue weighted by Gasteiger charge is -2.11. The third kappa shape index (κ3) is 3.47. The van der Waals surface area contributed by atoms with Crippen molar-refractivity contribution < 1.29 is 17.6 Å². The van der Waals surface area contributed by atoms with E-state index in [9.17, 15) is 13.2 Å². The standard InChI is InChI=1S/C25H24N2O4S/c1-15-7-9-16(10-8-15)24-18-5-3-4-6-22(18)31-23(24)14-20-19-13-17(32(29,30)26-2)11-12-21(19)27-25(20)28/h7-14,26H,3-6H2,1-2H3,(H,27,28). The highest BCUT2D eigenvalue weighted by molar-refractivity contribution is 7.89. The van der Waals surface area contributed by atoms with Crippen LogP contribution >= 0.6 is 0 Å². The average Bonchev–Trinajstić information content (AvgIpc) is 3.31. The molecule has 2 aliphatic rings. The maximum atomic E-state index is 12.8. The Morgan fingerprint density at radius 2 is 1.81 bits per heavy atom. The zero-order chi connectivity index (χ0) is 22.5. The van der Waals surface area contributed by atoms with Gasteiger partial charge in [0.05, 0.1) is 10.5 Å². The fraction of sp³-hybridized carbons (Fsp3) is 0.240.